The Morgan fingerprint density at radius 2 is 2.21 bits per heavy atom. The van der Waals surface area contributed by atoms with Crippen molar-refractivity contribution in [3.63, 3.8) is 0 Å². The van der Waals surface area contributed by atoms with E-state index in [1.165, 1.54) is 0 Å². The number of thiophene rings is 1. The number of alkyl halides is 1. The Morgan fingerprint density at radius 3 is 2.79 bits per heavy atom. The highest BCUT2D eigenvalue weighted by Crippen LogP contribution is 2.38. The third-order valence-corrected chi connectivity index (χ3v) is 3.55. The maximum atomic E-state index is 5.72. The summed E-state index contributed by atoms with van der Waals surface area (Å²) in [4.78, 5) is 1.15. The second kappa shape index (κ2) is 4.62. The standard InChI is InChI=1S/C10H13ClO2S/c11-5-2-4-10(12-6-7-13-10)9-3-1-8-14-9/h1,3,8H,2,4-7H2. The minimum atomic E-state index is -0.497. The molecule has 0 N–H and O–H groups in total. The molecule has 1 aliphatic rings. The minimum absolute atomic E-state index is 0.497. The first-order valence-electron chi connectivity index (χ1n) is 4.75. The predicted molar refractivity (Wildman–Crippen MR) is 57.9 cm³/mol. The fourth-order valence-corrected chi connectivity index (χ4v) is 2.65. The summed E-state index contributed by atoms with van der Waals surface area (Å²) in [6.45, 7) is 1.36. The molecule has 1 fully saturated rings. The van der Waals surface area contributed by atoms with Crippen LogP contribution in [0.15, 0.2) is 17.5 Å². The van der Waals surface area contributed by atoms with Gasteiger partial charge in [0.15, 0.2) is 0 Å². The Labute approximate surface area is 92.8 Å². The molecule has 0 aromatic carbocycles. The number of halogens is 1. The van der Waals surface area contributed by atoms with Crippen LogP contribution in [-0.4, -0.2) is 19.1 Å². The first-order valence-corrected chi connectivity index (χ1v) is 6.17. The molecule has 1 aromatic heterocycles. The van der Waals surface area contributed by atoms with Gasteiger partial charge in [-0.15, -0.1) is 22.9 Å². The van der Waals surface area contributed by atoms with Crippen LogP contribution in [0.4, 0.5) is 0 Å². The van der Waals surface area contributed by atoms with E-state index >= 15 is 0 Å². The number of rotatable bonds is 4. The van der Waals surface area contributed by atoms with E-state index in [0.29, 0.717) is 19.1 Å². The molecule has 0 unspecified atom stereocenters. The number of hydrogen-bond acceptors (Lipinski definition) is 3. The first-order chi connectivity index (χ1) is 6.87. The van der Waals surface area contributed by atoms with E-state index < -0.39 is 5.79 Å². The Bertz CT molecular complexity index is 268. The summed E-state index contributed by atoms with van der Waals surface area (Å²) in [6, 6.07) is 4.08. The van der Waals surface area contributed by atoms with Gasteiger partial charge in [0.25, 0.3) is 0 Å². The molecule has 2 rings (SSSR count). The molecule has 0 bridgehead atoms. The molecule has 1 aliphatic heterocycles. The molecule has 78 valence electrons. The van der Waals surface area contributed by atoms with Gasteiger partial charge >= 0.3 is 0 Å². The van der Waals surface area contributed by atoms with Gasteiger partial charge in [-0.3, -0.25) is 0 Å². The summed E-state index contributed by atoms with van der Waals surface area (Å²) in [5, 5.41) is 2.04. The van der Waals surface area contributed by atoms with Gasteiger partial charge in [0, 0.05) is 12.3 Å². The van der Waals surface area contributed by atoms with Crippen LogP contribution in [0.3, 0.4) is 0 Å². The summed E-state index contributed by atoms with van der Waals surface area (Å²) < 4.78 is 11.4. The lowest BCUT2D eigenvalue weighted by Crippen LogP contribution is -2.25. The Hall–Kier alpha value is -0.0900. The first kappa shape index (κ1) is 10.4. The summed E-state index contributed by atoms with van der Waals surface area (Å²) in [5.74, 6) is 0.156. The van der Waals surface area contributed by atoms with Crippen LogP contribution in [0.25, 0.3) is 0 Å². The van der Waals surface area contributed by atoms with Crippen LogP contribution in [0, 0.1) is 0 Å². The van der Waals surface area contributed by atoms with Crippen LogP contribution in [-0.2, 0) is 15.3 Å². The second-order valence-corrected chi connectivity index (χ2v) is 4.55. The van der Waals surface area contributed by atoms with E-state index in [9.17, 15) is 0 Å². The maximum Gasteiger partial charge on any atom is 0.204 e. The minimum Gasteiger partial charge on any atom is -0.343 e. The van der Waals surface area contributed by atoms with Crippen molar-refractivity contribution in [2.75, 3.05) is 19.1 Å². The van der Waals surface area contributed by atoms with E-state index in [-0.39, 0.29) is 0 Å². The van der Waals surface area contributed by atoms with Crippen molar-refractivity contribution in [1.82, 2.24) is 0 Å². The van der Waals surface area contributed by atoms with Crippen LogP contribution in [0.5, 0.6) is 0 Å². The SMILES string of the molecule is ClCCCC1(c2cccs2)OCCO1. The topological polar surface area (TPSA) is 18.5 Å². The number of hydrogen-bond donors (Lipinski definition) is 0. The molecule has 0 amide bonds. The molecule has 0 atom stereocenters. The molecule has 0 aliphatic carbocycles. The molecule has 2 heterocycles. The molecular formula is C10H13ClO2S. The molecule has 2 nitrogen and oxygen atoms in total. The average Bonchev–Trinajstić information content (AvgIpc) is 2.86. The fourth-order valence-electron chi connectivity index (χ4n) is 1.66. The molecule has 4 heteroatoms. The lowest BCUT2D eigenvalue weighted by molar-refractivity contribution is -0.168. The van der Waals surface area contributed by atoms with E-state index in [4.69, 9.17) is 21.1 Å². The third kappa shape index (κ3) is 1.96. The van der Waals surface area contributed by atoms with Gasteiger partial charge in [0.05, 0.1) is 18.1 Å². The van der Waals surface area contributed by atoms with Crippen molar-refractivity contribution in [1.29, 1.82) is 0 Å². The van der Waals surface area contributed by atoms with Gasteiger partial charge in [0.1, 0.15) is 0 Å². The zero-order valence-corrected chi connectivity index (χ0v) is 9.44. The summed E-state index contributed by atoms with van der Waals surface area (Å²) in [5.41, 5.74) is 0. The Kier molecular flexibility index (Phi) is 3.44. The normalized spacial score (nSPS) is 20.1. The average molecular weight is 233 g/mol. The van der Waals surface area contributed by atoms with Crippen molar-refractivity contribution in [3.05, 3.63) is 22.4 Å². The smallest absolute Gasteiger partial charge is 0.204 e. The zero-order chi connectivity index (χ0) is 9.86. The van der Waals surface area contributed by atoms with E-state index in [1.807, 2.05) is 11.4 Å². The van der Waals surface area contributed by atoms with E-state index in [1.54, 1.807) is 11.3 Å². The number of ether oxygens (including phenoxy) is 2. The van der Waals surface area contributed by atoms with E-state index in [0.717, 1.165) is 17.7 Å². The zero-order valence-electron chi connectivity index (χ0n) is 7.87. The van der Waals surface area contributed by atoms with Crippen molar-refractivity contribution < 1.29 is 9.47 Å². The van der Waals surface area contributed by atoms with Crippen molar-refractivity contribution in [2.24, 2.45) is 0 Å². The fraction of sp³-hybridized carbons (Fsp3) is 0.600. The van der Waals surface area contributed by atoms with Crippen LogP contribution in [0.2, 0.25) is 0 Å². The van der Waals surface area contributed by atoms with Crippen LogP contribution >= 0.6 is 22.9 Å². The molecule has 0 saturated carbocycles. The van der Waals surface area contributed by atoms with Gasteiger partial charge < -0.3 is 9.47 Å². The third-order valence-electron chi connectivity index (χ3n) is 2.29. The largest absolute Gasteiger partial charge is 0.343 e. The molecule has 0 spiro atoms. The monoisotopic (exact) mass is 232 g/mol. The summed E-state index contributed by atoms with van der Waals surface area (Å²) >= 11 is 7.37. The predicted octanol–water partition coefficient (Wildman–Crippen LogP) is 2.97. The van der Waals surface area contributed by atoms with Crippen molar-refractivity contribution in [3.8, 4) is 0 Å². The van der Waals surface area contributed by atoms with Gasteiger partial charge in [-0.25, -0.2) is 0 Å². The summed E-state index contributed by atoms with van der Waals surface area (Å²) in [7, 11) is 0. The quantitative estimate of drug-likeness (QED) is 0.744. The van der Waals surface area contributed by atoms with Gasteiger partial charge in [0.2, 0.25) is 5.79 Å². The molecule has 1 saturated heterocycles. The highest BCUT2D eigenvalue weighted by atomic mass is 35.5. The van der Waals surface area contributed by atoms with Gasteiger partial charge in [-0.1, -0.05) is 6.07 Å². The Morgan fingerprint density at radius 1 is 1.43 bits per heavy atom. The van der Waals surface area contributed by atoms with Gasteiger partial charge in [-0.05, 0) is 17.9 Å². The highest BCUT2D eigenvalue weighted by Gasteiger charge is 2.38. The molecule has 0 radical (unpaired) electrons. The highest BCUT2D eigenvalue weighted by molar-refractivity contribution is 7.10. The molecule has 1 aromatic rings. The lowest BCUT2D eigenvalue weighted by Gasteiger charge is -2.25. The molecular weight excluding hydrogens is 220 g/mol. The Balaban J connectivity index is 2.14. The summed E-state index contributed by atoms with van der Waals surface area (Å²) in [6.07, 6.45) is 1.76. The molecule has 14 heavy (non-hydrogen) atoms. The lowest BCUT2D eigenvalue weighted by atomic mass is 10.1. The van der Waals surface area contributed by atoms with Crippen molar-refractivity contribution in [2.45, 2.75) is 18.6 Å². The van der Waals surface area contributed by atoms with Crippen molar-refractivity contribution >= 4 is 22.9 Å². The van der Waals surface area contributed by atoms with E-state index in [2.05, 4.69) is 6.07 Å². The second-order valence-electron chi connectivity index (χ2n) is 3.22. The van der Waals surface area contributed by atoms with Gasteiger partial charge in [-0.2, -0.15) is 0 Å². The maximum absolute atomic E-state index is 5.72. The van der Waals surface area contributed by atoms with Crippen LogP contribution < -0.4 is 0 Å². The van der Waals surface area contributed by atoms with Crippen LogP contribution in [0.1, 0.15) is 17.7 Å².